The van der Waals surface area contributed by atoms with Crippen molar-refractivity contribution in [2.24, 2.45) is 0 Å². The van der Waals surface area contributed by atoms with Crippen LogP contribution >= 0.6 is 11.6 Å². The maximum Gasteiger partial charge on any atom is 0.165 e. The average Bonchev–Trinajstić information content (AvgIpc) is 3.42. The topological polar surface area (TPSA) is 75.5 Å². The molecule has 5 rings (SSSR count). The molecule has 0 amide bonds. The molecule has 1 aliphatic carbocycles. The second-order valence-corrected chi connectivity index (χ2v) is 8.25. The van der Waals surface area contributed by atoms with Gasteiger partial charge in [-0.25, -0.2) is 9.67 Å². The van der Waals surface area contributed by atoms with Crippen LogP contribution in [0.2, 0.25) is 5.02 Å². The van der Waals surface area contributed by atoms with Crippen molar-refractivity contribution in [2.75, 3.05) is 13.1 Å². The zero-order valence-electron chi connectivity index (χ0n) is 15.3. The van der Waals surface area contributed by atoms with Gasteiger partial charge < -0.3 is 4.98 Å². The third kappa shape index (κ3) is 3.46. The summed E-state index contributed by atoms with van der Waals surface area (Å²) in [7, 11) is 0. The average molecular weight is 386 g/mol. The number of aromatic nitrogens is 6. The third-order valence-electron chi connectivity index (χ3n) is 6.03. The summed E-state index contributed by atoms with van der Waals surface area (Å²) in [5.41, 5.74) is 2.02. The van der Waals surface area contributed by atoms with E-state index in [2.05, 4.69) is 30.1 Å². The standard InChI is InChI=1S/C19H24ClN7/c20-14-5-6-16-17(11-14)22-19(21-16)13-7-9-26(10-8-13)12-18-23-24-25-27(18)15-3-1-2-4-15/h5-6,11,13,15H,1-4,7-10,12H2,(H,21,22). The second kappa shape index (κ2) is 7.20. The number of hydrogen-bond donors (Lipinski definition) is 1. The zero-order valence-corrected chi connectivity index (χ0v) is 16.1. The van der Waals surface area contributed by atoms with Crippen LogP contribution in [0.25, 0.3) is 11.0 Å². The van der Waals surface area contributed by atoms with Gasteiger partial charge in [0, 0.05) is 10.9 Å². The van der Waals surface area contributed by atoms with Crippen LogP contribution in [0.1, 0.15) is 62.1 Å². The molecule has 3 heterocycles. The summed E-state index contributed by atoms with van der Waals surface area (Å²) in [6.07, 6.45) is 7.18. The van der Waals surface area contributed by atoms with Crippen molar-refractivity contribution in [1.29, 1.82) is 0 Å². The summed E-state index contributed by atoms with van der Waals surface area (Å²) in [6.45, 7) is 2.92. The number of halogens is 1. The van der Waals surface area contributed by atoms with E-state index in [0.29, 0.717) is 12.0 Å². The number of aromatic amines is 1. The molecular formula is C19H24ClN7. The molecular weight excluding hydrogens is 362 g/mol. The molecule has 1 aliphatic heterocycles. The molecule has 0 bridgehead atoms. The number of H-pyrrole nitrogens is 1. The van der Waals surface area contributed by atoms with Crippen molar-refractivity contribution in [1.82, 2.24) is 35.1 Å². The number of hydrogen-bond acceptors (Lipinski definition) is 5. The van der Waals surface area contributed by atoms with Gasteiger partial charge in [0.05, 0.1) is 23.6 Å². The fourth-order valence-electron chi connectivity index (χ4n) is 4.51. The van der Waals surface area contributed by atoms with E-state index in [1.54, 1.807) is 0 Å². The Morgan fingerprint density at radius 1 is 1.11 bits per heavy atom. The van der Waals surface area contributed by atoms with Crippen molar-refractivity contribution in [3.05, 3.63) is 34.9 Å². The first-order valence-electron chi connectivity index (χ1n) is 9.90. The maximum atomic E-state index is 6.09. The highest BCUT2D eigenvalue weighted by Gasteiger charge is 2.26. The molecule has 2 aromatic heterocycles. The van der Waals surface area contributed by atoms with Gasteiger partial charge in [-0.05, 0) is 67.4 Å². The van der Waals surface area contributed by atoms with E-state index in [1.165, 1.54) is 25.7 Å². The molecule has 27 heavy (non-hydrogen) atoms. The van der Waals surface area contributed by atoms with E-state index in [0.717, 1.165) is 60.2 Å². The number of benzene rings is 1. The van der Waals surface area contributed by atoms with Crippen LogP contribution in [0.15, 0.2) is 18.2 Å². The number of nitrogens with zero attached hydrogens (tertiary/aromatic N) is 6. The Morgan fingerprint density at radius 2 is 1.93 bits per heavy atom. The molecule has 3 aromatic rings. The number of fused-ring (bicyclic) bond motifs is 1. The Morgan fingerprint density at radius 3 is 2.74 bits per heavy atom. The number of likely N-dealkylation sites (tertiary alicyclic amines) is 1. The van der Waals surface area contributed by atoms with E-state index < -0.39 is 0 Å². The number of piperidine rings is 1. The highest BCUT2D eigenvalue weighted by atomic mass is 35.5. The molecule has 1 saturated heterocycles. The molecule has 0 atom stereocenters. The van der Waals surface area contributed by atoms with Crippen LogP contribution in [0.3, 0.4) is 0 Å². The Hall–Kier alpha value is -1.99. The van der Waals surface area contributed by atoms with Crippen molar-refractivity contribution >= 4 is 22.6 Å². The predicted octanol–water partition coefficient (Wildman–Crippen LogP) is 3.70. The molecule has 8 heteroatoms. The molecule has 2 fully saturated rings. The summed E-state index contributed by atoms with van der Waals surface area (Å²) in [4.78, 5) is 10.7. The van der Waals surface area contributed by atoms with Gasteiger partial charge in [-0.3, -0.25) is 4.90 Å². The van der Waals surface area contributed by atoms with Crippen molar-refractivity contribution in [2.45, 2.75) is 57.0 Å². The molecule has 142 valence electrons. The summed E-state index contributed by atoms with van der Waals surface area (Å²) in [6, 6.07) is 6.32. The van der Waals surface area contributed by atoms with Gasteiger partial charge in [0.25, 0.3) is 0 Å². The minimum atomic E-state index is 0.471. The van der Waals surface area contributed by atoms with Gasteiger partial charge in [0.15, 0.2) is 5.82 Å². The van der Waals surface area contributed by atoms with Crippen LogP contribution in [-0.2, 0) is 6.54 Å². The normalized spacial score (nSPS) is 20.0. The minimum absolute atomic E-state index is 0.471. The van der Waals surface area contributed by atoms with Gasteiger partial charge in [-0.1, -0.05) is 24.4 Å². The van der Waals surface area contributed by atoms with E-state index >= 15 is 0 Å². The highest BCUT2D eigenvalue weighted by Crippen LogP contribution is 2.31. The fraction of sp³-hybridized carbons (Fsp3) is 0.579. The molecule has 1 N–H and O–H groups in total. The molecule has 2 aliphatic rings. The first kappa shape index (κ1) is 17.1. The van der Waals surface area contributed by atoms with E-state index in [-0.39, 0.29) is 0 Å². The van der Waals surface area contributed by atoms with Crippen molar-refractivity contribution < 1.29 is 0 Å². The van der Waals surface area contributed by atoms with Crippen LogP contribution in [0.4, 0.5) is 0 Å². The first-order chi connectivity index (χ1) is 13.3. The molecule has 0 radical (unpaired) electrons. The van der Waals surface area contributed by atoms with Gasteiger partial charge in [-0.2, -0.15) is 0 Å². The van der Waals surface area contributed by atoms with Crippen LogP contribution in [0.5, 0.6) is 0 Å². The summed E-state index contributed by atoms with van der Waals surface area (Å²) in [5, 5.41) is 13.2. The summed E-state index contributed by atoms with van der Waals surface area (Å²) < 4.78 is 2.07. The largest absolute Gasteiger partial charge is 0.342 e. The Labute approximate surface area is 163 Å². The van der Waals surface area contributed by atoms with Crippen molar-refractivity contribution in [3.63, 3.8) is 0 Å². The quantitative estimate of drug-likeness (QED) is 0.741. The number of imidazole rings is 1. The lowest BCUT2D eigenvalue weighted by atomic mass is 9.96. The van der Waals surface area contributed by atoms with Crippen molar-refractivity contribution in [3.8, 4) is 0 Å². The van der Waals surface area contributed by atoms with E-state index in [4.69, 9.17) is 16.6 Å². The summed E-state index contributed by atoms with van der Waals surface area (Å²) in [5.74, 6) is 2.57. The van der Waals surface area contributed by atoms with Gasteiger partial charge >= 0.3 is 0 Å². The molecule has 0 spiro atoms. The Bertz CT molecular complexity index is 919. The Balaban J connectivity index is 1.23. The van der Waals surface area contributed by atoms with E-state index in [9.17, 15) is 0 Å². The minimum Gasteiger partial charge on any atom is -0.342 e. The van der Waals surface area contributed by atoms with Crippen LogP contribution in [-0.4, -0.2) is 48.2 Å². The third-order valence-corrected chi connectivity index (χ3v) is 6.27. The zero-order chi connectivity index (χ0) is 18.2. The van der Waals surface area contributed by atoms with Gasteiger partial charge in [-0.15, -0.1) is 5.10 Å². The fourth-order valence-corrected chi connectivity index (χ4v) is 4.68. The monoisotopic (exact) mass is 385 g/mol. The van der Waals surface area contributed by atoms with Gasteiger partial charge in [0.2, 0.25) is 0 Å². The lowest BCUT2D eigenvalue weighted by molar-refractivity contribution is 0.192. The molecule has 0 unspecified atom stereocenters. The smallest absolute Gasteiger partial charge is 0.165 e. The maximum absolute atomic E-state index is 6.09. The number of tetrazole rings is 1. The number of rotatable bonds is 4. The first-order valence-corrected chi connectivity index (χ1v) is 10.3. The van der Waals surface area contributed by atoms with E-state index in [1.807, 2.05) is 18.2 Å². The second-order valence-electron chi connectivity index (χ2n) is 7.81. The van der Waals surface area contributed by atoms with Crippen LogP contribution in [0, 0.1) is 0 Å². The lowest BCUT2D eigenvalue weighted by Gasteiger charge is -2.30. The Kier molecular flexibility index (Phi) is 4.57. The molecule has 1 saturated carbocycles. The van der Waals surface area contributed by atoms with Crippen LogP contribution < -0.4 is 0 Å². The SMILES string of the molecule is Clc1ccc2nc(C3CCN(Cc4nnnn4C4CCCC4)CC3)[nH]c2c1. The summed E-state index contributed by atoms with van der Waals surface area (Å²) >= 11 is 6.09. The highest BCUT2D eigenvalue weighted by molar-refractivity contribution is 6.31. The molecule has 7 nitrogen and oxygen atoms in total. The predicted molar refractivity (Wildman–Crippen MR) is 104 cm³/mol. The van der Waals surface area contributed by atoms with Gasteiger partial charge in [0.1, 0.15) is 5.82 Å². The molecule has 1 aromatic carbocycles. The number of nitrogens with one attached hydrogen (secondary N) is 1. The lowest BCUT2D eigenvalue weighted by Crippen LogP contribution is -2.34.